The Hall–Kier alpha value is -1.92. The summed E-state index contributed by atoms with van der Waals surface area (Å²) in [4.78, 5) is 18.0. The highest BCUT2D eigenvalue weighted by Crippen LogP contribution is 2.29. The third-order valence-corrected chi connectivity index (χ3v) is 5.81. The van der Waals surface area contributed by atoms with Crippen LogP contribution >= 0.6 is 11.3 Å². The second-order valence-electron chi connectivity index (χ2n) is 8.60. The van der Waals surface area contributed by atoms with E-state index in [0.29, 0.717) is 11.5 Å². The van der Waals surface area contributed by atoms with E-state index >= 15 is 0 Å². The number of carbonyl (C=O) groups is 1. The van der Waals surface area contributed by atoms with Gasteiger partial charge in [0.2, 0.25) is 0 Å². The number of amides is 1. The second kappa shape index (κ2) is 7.60. The van der Waals surface area contributed by atoms with E-state index in [1.54, 1.807) is 0 Å². The fourth-order valence-electron chi connectivity index (χ4n) is 4.06. The lowest BCUT2D eigenvalue weighted by Gasteiger charge is -2.46. The maximum absolute atomic E-state index is 12.8. The Morgan fingerprint density at radius 3 is 2.48 bits per heavy atom. The van der Waals surface area contributed by atoms with Crippen LogP contribution in [-0.2, 0) is 6.61 Å². The molecule has 1 aromatic heterocycles. The molecule has 1 aromatic carbocycles. The molecule has 3 rings (SSSR count). The third kappa shape index (κ3) is 5.30. The highest BCUT2D eigenvalue weighted by atomic mass is 32.1. The minimum Gasteiger partial charge on any atom is -0.486 e. The zero-order chi connectivity index (χ0) is 19.7. The van der Waals surface area contributed by atoms with Crippen LogP contribution in [0.3, 0.4) is 0 Å². The van der Waals surface area contributed by atoms with E-state index in [1.165, 1.54) is 11.3 Å². The molecular weight excluding hydrogens is 358 g/mol. The number of thiazole rings is 1. The summed E-state index contributed by atoms with van der Waals surface area (Å²) in [6.45, 7) is 11.0. The number of para-hydroxylation sites is 1. The number of aromatic nitrogens is 1. The van der Waals surface area contributed by atoms with E-state index in [4.69, 9.17) is 4.74 Å². The summed E-state index contributed by atoms with van der Waals surface area (Å²) >= 11 is 1.41. The summed E-state index contributed by atoms with van der Waals surface area (Å²) in [5, 5.41) is 7.68. The van der Waals surface area contributed by atoms with Crippen LogP contribution in [-0.4, -0.2) is 28.0 Å². The minimum absolute atomic E-state index is 0.00285. The first kappa shape index (κ1) is 19.8. The SMILES string of the molecule is Cc1nc(COc2ccccc2)sc1C(=O)NC1CC(C)(C)NC(C)(C)C1. The lowest BCUT2D eigenvalue weighted by molar-refractivity contribution is 0.0876. The molecule has 1 amide bonds. The topological polar surface area (TPSA) is 63.2 Å². The molecule has 27 heavy (non-hydrogen) atoms. The Kier molecular flexibility index (Phi) is 5.58. The Bertz CT molecular complexity index is 783. The average molecular weight is 388 g/mol. The molecule has 0 unspecified atom stereocenters. The Balaban J connectivity index is 1.64. The Morgan fingerprint density at radius 2 is 1.85 bits per heavy atom. The van der Waals surface area contributed by atoms with Crippen molar-refractivity contribution in [3.63, 3.8) is 0 Å². The molecule has 0 radical (unpaired) electrons. The van der Waals surface area contributed by atoms with Gasteiger partial charge in [-0.1, -0.05) is 18.2 Å². The Labute approximate surface area is 165 Å². The summed E-state index contributed by atoms with van der Waals surface area (Å²) in [5.74, 6) is 0.769. The zero-order valence-electron chi connectivity index (χ0n) is 16.8. The molecule has 146 valence electrons. The molecule has 2 N–H and O–H groups in total. The van der Waals surface area contributed by atoms with Crippen LogP contribution in [0.1, 0.15) is 60.9 Å². The van der Waals surface area contributed by atoms with E-state index in [0.717, 1.165) is 29.3 Å². The molecule has 0 aliphatic carbocycles. The van der Waals surface area contributed by atoms with Gasteiger partial charge in [0.1, 0.15) is 22.2 Å². The smallest absolute Gasteiger partial charge is 0.263 e. The predicted molar refractivity (Wildman–Crippen MR) is 109 cm³/mol. The van der Waals surface area contributed by atoms with E-state index in [1.807, 2.05) is 37.3 Å². The number of nitrogens with one attached hydrogen (secondary N) is 2. The molecule has 6 heteroatoms. The number of piperidine rings is 1. The molecule has 0 saturated carbocycles. The van der Waals surface area contributed by atoms with Gasteiger partial charge in [-0.15, -0.1) is 11.3 Å². The average Bonchev–Trinajstić information content (AvgIpc) is 2.92. The van der Waals surface area contributed by atoms with Crippen molar-refractivity contribution >= 4 is 17.2 Å². The maximum atomic E-state index is 12.8. The number of aryl methyl sites for hydroxylation is 1. The number of ether oxygens (including phenoxy) is 1. The van der Waals surface area contributed by atoms with Crippen LogP contribution in [0.15, 0.2) is 30.3 Å². The van der Waals surface area contributed by atoms with Gasteiger partial charge in [-0.3, -0.25) is 4.79 Å². The van der Waals surface area contributed by atoms with E-state index < -0.39 is 0 Å². The van der Waals surface area contributed by atoms with Gasteiger partial charge in [0.25, 0.3) is 5.91 Å². The number of carbonyl (C=O) groups excluding carboxylic acids is 1. The maximum Gasteiger partial charge on any atom is 0.263 e. The fourth-order valence-corrected chi connectivity index (χ4v) is 4.94. The van der Waals surface area contributed by atoms with Crippen LogP contribution in [0.2, 0.25) is 0 Å². The fraction of sp³-hybridized carbons (Fsp3) is 0.524. The number of hydrogen-bond acceptors (Lipinski definition) is 5. The van der Waals surface area contributed by atoms with Gasteiger partial charge in [-0.25, -0.2) is 4.98 Å². The third-order valence-electron chi connectivity index (χ3n) is 4.68. The molecule has 1 aliphatic heterocycles. The highest BCUT2D eigenvalue weighted by Gasteiger charge is 2.38. The zero-order valence-corrected chi connectivity index (χ0v) is 17.6. The molecule has 0 atom stereocenters. The van der Waals surface area contributed by atoms with Crippen LogP contribution in [0.4, 0.5) is 0 Å². The van der Waals surface area contributed by atoms with E-state index in [9.17, 15) is 4.79 Å². The first-order valence-electron chi connectivity index (χ1n) is 9.38. The van der Waals surface area contributed by atoms with Crippen molar-refractivity contribution in [1.29, 1.82) is 0 Å². The van der Waals surface area contributed by atoms with Crippen LogP contribution in [0.25, 0.3) is 0 Å². The predicted octanol–water partition coefficient (Wildman–Crippen LogP) is 4.07. The largest absolute Gasteiger partial charge is 0.486 e. The van der Waals surface area contributed by atoms with Crippen LogP contribution in [0, 0.1) is 6.92 Å². The van der Waals surface area contributed by atoms with Crippen molar-refractivity contribution < 1.29 is 9.53 Å². The first-order chi connectivity index (χ1) is 12.6. The molecule has 0 spiro atoms. The summed E-state index contributed by atoms with van der Waals surface area (Å²) in [6, 6.07) is 9.79. The molecular formula is C21H29N3O2S. The Morgan fingerprint density at radius 1 is 1.22 bits per heavy atom. The summed E-state index contributed by atoms with van der Waals surface area (Å²) in [6.07, 6.45) is 1.81. The van der Waals surface area contributed by atoms with E-state index in [-0.39, 0.29) is 23.0 Å². The quantitative estimate of drug-likeness (QED) is 0.812. The summed E-state index contributed by atoms with van der Waals surface area (Å²) < 4.78 is 5.75. The van der Waals surface area contributed by atoms with Gasteiger partial charge in [0.05, 0.1) is 5.69 Å². The highest BCUT2D eigenvalue weighted by molar-refractivity contribution is 7.13. The van der Waals surface area contributed by atoms with E-state index in [2.05, 4.69) is 43.3 Å². The van der Waals surface area contributed by atoms with Crippen molar-refractivity contribution in [3.05, 3.63) is 45.9 Å². The lowest BCUT2D eigenvalue weighted by Crippen LogP contribution is -2.62. The number of benzene rings is 1. The van der Waals surface area contributed by atoms with Crippen molar-refractivity contribution in [1.82, 2.24) is 15.6 Å². The van der Waals surface area contributed by atoms with Crippen molar-refractivity contribution in [3.8, 4) is 5.75 Å². The monoisotopic (exact) mass is 387 g/mol. The van der Waals surface area contributed by atoms with Crippen molar-refractivity contribution in [2.75, 3.05) is 0 Å². The van der Waals surface area contributed by atoms with Gasteiger partial charge in [0, 0.05) is 17.1 Å². The van der Waals surface area contributed by atoms with Crippen molar-refractivity contribution in [2.24, 2.45) is 0 Å². The molecule has 5 nitrogen and oxygen atoms in total. The number of hydrogen-bond donors (Lipinski definition) is 2. The number of rotatable bonds is 5. The van der Waals surface area contributed by atoms with Crippen LogP contribution in [0.5, 0.6) is 5.75 Å². The molecule has 2 aromatic rings. The van der Waals surface area contributed by atoms with Crippen LogP contribution < -0.4 is 15.4 Å². The van der Waals surface area contributed by atoms with Crippen molar-refractivity contribution in [2.45, 2.75) is 71.2 Å². The molecule has 1 saturated heterocycles. The first-order valence-corrected chi connectivity index (χ1v) is 10.2. The van der Waals surface area contributed by atoms with Gasteiger partial charge in [-0.2, -0.15) is 0 Å². The standard InChI is InChI=1S/C21H29N3O2S/c1-14-18(27-17(22-14)13-26-16-9-7-6-8-10-16)19(25)23-15-11-20(2,3)24-21(4,5)12-15/h6-10,15,24H,11-13H2,1-5H3,(H,23,25). The minimum atomic E-state index is -0.0329. The van der Waals surface area contributed by atoms with Gasteiger partial charge >= 0.3 is 0 Å². The number of nitrogens with zero attached hydrogens (tertiary/aromatic N) is 1. The summed E-state index contributed by atoms with van der Waals surface area (Å²) in [7, 11) is 0. The second-order valence-corrected chi connectivity index (χ2v) is 9.68. The van der Waals surface area contributed by atoms with Gasteiger partial charge < -0.3 is 15.4 Å². The molecule has 1 fully saturated rings. The molecule has 1 aliphatic rings. The van der Waals surface area contributed by atoms with Gasteiger partial charge in [0.15, 0.2) is 0 Å². The van der Waals surface area contributed by atoms with Gasteiger partial charge in [-0.05, 0) is 59.6 Å². The molecule has 0 bridgehead atoms. The normalized spacial score (nSPS) is 18.9. The molecule has 2 heterocycles. The lowest BCUT2D eigenvalue weighted by atomic mass is 9.79. The summed E-state index contributed by atoms with van der Waals surface area (Å²) in [5.41, 5.74) is 0.755.